The summed E-state index contributed by atoms with van der Waals surface area (Å²) in [6.07, 6.45) is 2.64. The van der Waals surface area contributed by atoms with E-state index in [4.69, 9.17) is 11.6 Å². The Bertz CT molecular complexity index is 395. The van der Waals surface area contributed by atoms with Crippen LogP contribution in [0.4, 0.5) is 4.39 Å². The van der Waals surface area contributed by atoms with Gasteiger partial charge in [-0.3, -0.25) is 4.79 Å². The third-order valence-electron chi connectivity index (χ3n) is 1.83. The lowest BCUT2D eigenvalue weighted by Crippen LogP contribution is -2.28. The van der Waals surface area contributed by atoms with Crippen molar-refractivity contribution in [2.75, 3.05) is 0 Å². The van der Waals surface area contributed by atoms with Crippen molar-refractivity contribution in [3.05, 3.63) is 40.7 Å². The summed E-state index contributed by atoms with van der Waals surface area (Å²) in [6.45, 7) is 3.70. The number of benzene rings is 1. The molecular formula is C12H13ClFNO. The van der Waals surface area contributed by atoms with Gasteiger partial charge in [-0.25, -0.2) is 4.39 Å². The van der Waals surface area contributed by atoms with Crippen molar-refractivity contribution < 1.29 is 9.18 Å². The van der Waals surface area contributed by atoms with Gasteiger partial charge in [-0.2, -0.15) is 0 Å². The average Bonchev–Trinajstić information content (AvgIpc) is 2.15. The van der Waals surface area contributed by atoms with E-state index in [2.05, 4.69) is 5.32 Å². The Balaban J connectivity index is 2.80. The number of halogens is 2. The zero-order valence-electron chi connectivity index (χ0n) is 9.13. The topological polar surface area (TPSA) is 29.1 Å². The summed E-state index contributed by atoms with van der Waals surface area (Å²) >= 11 is 5.80. The summed E-state index contributed by atoms with van der Waals surface area (Å²) in [5.41, 5.74) is 0.225. The van der Waals surface area contributed by atoms with Gasteiger partial charge in [0.05, 0.1) is 5.02 Å². The molecule has 1 aromatic carbocycles. The number of carbonyl (C=O) groups excluding carboxylic acids is 1. The van der Waals surface area contributed by atoms with Crippen molar-refractivity contribution in [3.8, 4) is 0 Å². The summed E-state index contributed by atoms with van der Waals surface area (Å²) in [5, 5.41) is 2.95. The number of amides is 1. The second kappa shape index (κ2) is 5.66. The van der Waals surface area contributed by atoms with Gasteiger partial charge in [-0.05, 0) is 32.1 Å². The number of hydrogen-bond acceptors (Lipinski definition) is 1. The standard InChI is InChI=1S/C12H13ClFNO/c1-8(2)15-12(16)7-6-9-10(13)4-3-5-11(9)14/h3-8H,1-2H3,(H,15,16). The molecular weight excluding hydrogens is 229 g/mol. The minimum absolute atomic E-state index is 0.0493. The Morgan fingerprint density at radius 1 is 1.50 bits per heavy atom. The van der Waals surface area contributed by atoms with Crippen molar-refractivity contribution in [3.63, 3.8) is 0 Å². The first-order valence-corrected chi connectivity index (χ1v) is 5.31. The van der Waals surface area contributed by atoms with E-state index < -0.39 is 5.82 Å². The van der Waals surface area contributed by atoms with Gasteiger partial charge in [0.15, 0.2) is 0 Å². The quantitative estimate of drug-likeness (QED) is 0.810. The molecule has 0 radical (unpaired) electrons. The van der Waals surface area contributed by atoms with Gasteiger partial charge < -0.3 is 5.32 Å². The predicted molar refractivity (Wildman–Crippen MR) is 63.7 cm³/mol. The molecule has 0 heterocycles. The van der Waals surface area contributed by atoms with E-state index in [1.165, 1.54) is 24.3 Å². The fraction of sp³-hybridized carbons (Fsp3) is 0.250. The molecule has 0 aromatic heterocycles. The van der Waals surface area contributed by atoms with Gasteiger partial charge >= 0.3 is 0 Å². The highest BCUT2D eigenvalue weighted by Gasteiger charge is 2.04. The smallest absolute Gasteiger partial charge is 0.244 e. The van der Waals surface area contributed by atoms with Gasteiger partial charge in [-0.1, -0.05) is 17.7 Å². The van der Waals surface area contributed by atoms with Crippen LogP contribution >= 0.6 is 11.6 Å². The Hall–Kier alpha value is -1.35. The minimum Gasteiger partial charge on any atom is -0.350 e. The second-order valence-electron chi connectivity index (χ2n) is 3.63. The Morgan fingerprint density at radius 2 is 2.19 bits per heavy atom. The number of nitrogens with one attached hydrogen (secondary N) is 1. The van der Waals surface area contributed by atoms with Crippen LogP contribution in [0.5, 0.6) is 0 Å². The first-order valence-electron chi connectivity index (χ1n) is 4.93. The van der Waals surface area contributed by atoms with Crippen LogP contribution in [0.25, 0.3) is 6.08 Å². The van der Waals surface area contributed by atoms with Gasteiger partial charge in [0.2, 0.25) is 5.91 Å². The number of hydrogen-bond donors (Lipinski definition) is 1. The Kier molecular flexibility index (Phi) is 4.50. The average molecular weight is 242 g/mol. The lowest BCUT2D eigenvalue weighted by molar-refractivity contribution is -0.116. The number of rotatable bonds is 3. The third-order valence-corrected chi connectivity index (χ3v) is 2.16. The summed E-state index contributed by atoms with van der Waals surface area (Å²) in [6, 6.07) is 4.44. The van der Waals surface area contributed by atoms with Gasteiger partial charge in [0.1, 0.15) is 5.82 Å². The van der Waals surface area contributed by atoms with Crippen LogP contribution in [0.3, 0.4) is 0 Å². The zero-order chi connectivity index (χ0) is 12.1. The fourth-order valence-corrected chi connectivity index (χ4v) is 1.39. The maximum atomic E-state index is 13.3. The molecule has 4 heteroatoms. The molecule has 0 aliphatic rings. The van der Waals surface area contributed by atoms with Crippen LogP contribution in [-0.4, -0.2) is 11.9 Å². The van der Waals surface area contributed by atoms with E-state index in [0.717, 1.165) is 0 Å². The molecule has 0 aliphatic heterocycles. The molecule has 1 rings (SSSR count). The van der Waals surface area contributed by atoms with Crippen LogP contribution in [-0.2, 0) is 4.79 Å². The molecule has 1 N–H and O–H groups in total. The molecule has 0 aliphatic carbocycles. The van der Waals surface area contributed by atoms with Crippen LogP contribution in [0.2, 0.25) is 5.02 Å². The van der Waals surface area contributed by atoms with Crippen molar-refractivity contribution in [2.45, 2.75) is 19.9 Å². The van der Waals surface area contributed by atoms with Crippen LogP contribution in [0.15, 0.2) is 24.3 Å². The molecule has 2 nitrogen and oxygen atoms in total. The first kappa shape index (κ1) is 12.7. The molecule has 0 atom stereocenters. The van der Waals surface area contributed by atoms with Gasteiger partial charge in [0.25, 0.3) is 0 Å². The molecule has 1 amide bonds. The van der Waals surface area contributed by atoms with Crippen molar-refractivity contribution in [2.24, 2.45) is 0 Å². The van der Waals surface area contributed by atoms with Crippen LogP contribution in [0, 0.1) is 5.82 Å². The highest BCUT2D eigenvalue weighted by molar-refractivity contribution is 6.32. The molecule has 0 saturated heterocycles. The molecule has 1 aromatic rings. The summed E-state index contributed by atoms with van der Waals surface area (Å²) in [7, 11) is 0. The van der Waals surface area contributed by atoms with Crippen LogP contribution < -0.4 is 5.32 Å². The van der Waals surface area contributed by atoms with Crippen molar-refractivity contribution >= 4 is 23.6 Å². The lowest BCUT2D eigenvalue weighted by atomic mass is 10.2. The molecule has 0 fully saturated rings. The van der Waals surface area contributed by atoms with E-state index >= 15 is 0 Å². The van der Waals surface area contributed by atoms with E-state index in [0.29, 0.717) is 0 Å². The Labute approximate surface area is 99.1 Å². The highest BCUT2D eigenvalue weighted by atomic mass is 35.5. The second-order valence-corrected chi connectivity index (χ2v) is 4.04. The van der Waals surface area contributed by atoms with E-state index in [1.807, 2.05) is 13.8 Å². The summed E-state index contributed by atoms with van der Waals surface area (Å²) in [5.74, 6) is -0.713. The van der Waals surface area contributed by atoms with E-state index in [9.17, 15) is 9.18 Å². The van der Waals surface area contributed by atoms with Crippen LogP contribution in [0.1, 0.15) is 19.4 Å². The SMILES string of the molecule is CC(C)NC(=O)C=Cc1c(F)cccc1Cl. The molecule has 16 heavy (non-hydrogen) atoms. The molecule has 86 valence electrons. The maximum absolute atomic E-state index is 13.3. The maximum Gasteiger partial charge on any atom is 0.244 e. The summed E-state index contributed by atoms with van der Waals surface area (Å²) < 4.78 is 13.3. The van der Waals surface area contributed by atoms with E-state index in [1.54, 1.807) is 6.07 Å². The number of carbonyl (C=O) groups is 1. The highest BCUT2D eigenvalue weighted by Crippen LogP contribution is 2.20. The molecule has 0 saturated carbocycles. The monoisotopic (exact) mass is 241 g/mol. The minimum atomic E-state index is -0.443. The predicted octanol–water partition coefficient (Wildman–Crippen LogP) is 3.02. The fourth-order valence-electron chi connectivity index (χ4n) is 1.16. The van der Waals surface area contributed by atoms with Gasteiger partial charge in [0, 0.05) is 17.7 Å². The lowest BCUT2D eigenvalue weighted by Gasteiger charge is -2.04. The third kappa shape index (κ3) is 3.66. The molecule has 0 unspecified atom stereocenters. The normalized spacial score (nSPS) is 11.1. The zero-order valence-corrected chi connectivity index (χ0v) is 9.88. The Morgan fingerprint density at radius 3 is 2.75 bits per heavy atom. The van der Waals surface area contributed by atoms with E-state index in [-0.39, 0.29) is 22.5 Å². The molecule has 0 bridgehead atoms. The summed E-state index contributed by atoms with van der Waals surface area (Å²) in [4.78, 5) is 11.3. The largest absolute Gasteiger partial charge is 0.350 e. The molecule has 0 spiro atoms. The van der Waals surface area contributed by atoms with Gasteiger partial charge in [-0.15, -0.1) is 0 Å². The van der Waals surface area contributed by atoms with Crippen molar-refractivity contribution in [1.29, 1.82) is 0 Å². The first-order chi connectivity index (χ1) is 7.50. The van der Waals surface area contributed by atoms with Crippen molar-refractivity contribution in [1.82, 2.24) is 5.32 Å².